The molecule has 1 aromatic heterocycles. The van der Waals surface area contributed by atoms with E-state index in [2.05, 4.69) is 46.9 Å². The third-order valence-corrected chi connectivity index (χ3v) is 5.28. The van der Waals surface area contributed by atoms with Crippen molar-refractivity contribution in [1.29, 1.82) is 0 Å². The van der Waals surface area contributed by atoms with Crippen LogP contribution in [0.1, 0.15) is 35.1 Å². The maximum absolute atomic E-state index is 12.6. The number of fused-ring (bicyclic) bond motifs is 1. The van der Waals surface area contributed by atoms with Crippen molar-refractivity contribution >= 4 is 30.0 Å². The molecule has 2 heterocycles. The fourth-order valence-corrected chi connectivity index (χ4v) is 3.81. The van der Waals surface area contributed by atoms with Crippen LogP contribution in [0.15, 0.2) is 59.7 Å². The Kier molecular flexibility index (Phi) is 7.13. The van der Waals surface area contributed by atoms with E-state index in [4.69, 9.17) is 4.74 Å². The summed E-state index contributed by atoms with van der Waals surface area (Å²) in [7, 11) is 0. The monoisotopic (exact) mass is 439 g/mol. The largest absolute Gasteiger partial charge is 0.859 e. The van der Waals surface area contributed by atoms with Crippen LogP contribution in [0.25, 0.3) is 11.3 Å². The van der Waals surface area contributed by atoms with E-state index in [1.165, 1.54) is 5.56 Å². The number of benzene rings is 2. The van der Waals surface area contributed by atoms with Gasteiger partial charge >= 0.3 is 5.97 Å². The van der Waals surface area contributed by atoms with Gasteiger partial charge in [-0.05, 0) is 44.5 Å². The first kappa shape index (κ1) is 22.6. The molecule has 0 amide bonds. The third-order valence-electron chi connectivity index (χ3n) is 5.28. The lowest BCUT2D eigenvalue weighted by Crippen LogP contribution is -2.43. The van der Waals surface area contributed by atoms with Crippen molar-refractivity contribution < 1.29 is 19.2 Å². The van der Waals surface area contributed by atoms with Crippen LogP contribution in [0.2, 0.25) is 0 Å². The SMILES string of the molecule is CCOC(=O)c1ccc(N=C([O-])C[n+]2cc(-c3ccc(C)cc3)n3c2CCC3)cc1.Cl. The summed E-state index contributed by atoms with van der Waals surface area (Å²) in [5, 5.41) is 12.6. The molecular weight excluding hydrogens is 414 g/mol. The van der Waals surface area contributed by atoms with Crippen LogP contribution in [0, 0.1) is 6.92 Å². The normalized spacial score (nSPS) is 12.9. The topological polar surface area (TPSA) is 70.5 Å². The zero-order chi connectivity index (χ0) is 21.1. The highest BCUT2D eigenvalue weighted by molar-refractivity contribution is 5.89. The Balaban J connectivity index is 0.00000272. The summed E-state index contributed by atoms with van der Waals surface area (Å²) in [6.07, 6.45) is 4.08. The quantitative estimate of drug-likeness (QED) is 0.256. The van der Waals surface area contributed by atoms with Gasteiger partial charge in [0.1, 0.15) is 12.7 Å². The Hall–Kier alpha value is -3.12. The lowest BCUT2D eigenvalue weighted by atomic mass is 10.1. The van der Waals surface area contributed by atoms with E-state index in [-0.39, 0.29) is 30.8 Å². The van der Waals surface area contributed by atoms with Crippen LogP contribution >= 0.6 is 12.4 Å². The number of aliphatic imine (C=N–C) groups is 1. The van der Waals surface area contributed by atoms with Crippen LogP contribution in [0.3, 0.4) is 0 Å². The fourth-order valence-electron chi connectivity index (χ4n) is 3.81. The number of halogens is 1. The number of ether oxygens (including phenoxy) is 1. The molecule has 0 N–H and O–H groups in total. The summed E-state index contributed by atoms with van der Waals surface area (Å²) < 4.78 is 9.29. The van der Waals surface area contributed by atoms with Gasteiger partial charge in [0.25, 0.3) is 5.82 Å². The van der Waals surface area contributed by atoms with Crippen LogP contribution in [-0.4, -0.2) is 23.0 Å². The molecule has 162 valence electrons. The maximum Gasteiger partial charge on any atom is 0.338 e. The van der Waals surface area contributed by atoms with Gasteiger partial charge in [0, 0.05) is 11.5 Å². The molecule has 1 aliphatic rings. The Labute approximate surface area is 188 Å². The highest BCUT2D eigenvalue weighted by atomic mass is 35.5. The molecule has 3 aromatic rings. The molecule has 0 radical (unpaired) electrons. The molecule has 0 bridgehead atoms. The van der Waals surface area contributed by atoms with E-state index in [0.29, 0.717) is 17.9 Å². The zero-order valence-electron chi connectivity index (χ0n) is 17.7. The minimum absolute atomic E-state index is 0. The molecule has 0 saturated carbocycles. The summed E-state index contributed by atoms with van der Waals surface area (Å²) in [5.41, 5.74) is 4.49. The predicted octanol–water partition coefficient (Wildman–Crippen LogP) is 3.39. The molecule has 2 aromatic carbocycles. The standard InChI is InChI=1S/C24H25N3O3.ClH/c1-3-30-24(29)19-10-12-20(13-11-19)25-22(28)16-26-15-21(27-14-4-5-23(26)27)18-8-6-17(2)7-9-18;/h6-13,15H,3-5,14,16H2,1-2H3;1H. The Bertz CT molecular complexity index is 1090. The van der Waals surface area contributed by atoms with E-state index in [1.54, 1.807) is 31.2 Å². The number of rotatable bonds is 6. The van der Waals surface area contributed by atoms with E-state index < -0.39 is 0 Å². The number of imidazole rings is 1. The molecule has 0 fully saturated rings. The van der Waals surface area contributed by atoms with Crippen molar-refractivity contribution in [3.63, 3.8) is 0 Å². The van der Waals surface area contributed by atoms with Gasteiger partial charge in [0.2, 0.25) is 0 Å². The van der Waals surface area contributed by atoms with E-state index >= 15 is 0 Å². The van der Waals surface area contributed by atoms with Gasteiger partial charge < -0.3 is 9.84 Å². The summed E-state index contributed by atoms with van der Waals surface area (Å²) in [6.45, 7) is 5.33. The van der Waals surface area contributed by atoms with Crippen molar-refractivity contribution in [3.05, 3.63) is 71.7 Å². The number of aromatic nitrogens is 2. The average Bonchev–Trinajstić information content (AvgIpc) is 3.33. The lowest BCUT2D eigenvalue weighted by molar-refractivity contribution is -0.693. The first-order valence-electron chi connectivity index (χ1n) is 10.3. The van der Waals surface area contributed by atoms with Crippen LogP contribution in [-0.2, 0) is 24.2 Å². The summed E-state index contributed by atoms with van der Waals surface area (Å²) in [4.78, 5) is 15.9. The first-order chi connectivity index (χ1) is 14.5. The highest BCUT2D eigenvalue weighted by Gasteiger charge is 2.28. The molecular formula is C24H26ClN3O3. The smallest absolute Gasteiger partial charge is 0.338 e. The number of hydrogen-bond acceptors (Lipinski definition) is 4. The minimum Gasteiger partial charge on any atom is -0.859 e. The molecule has 0 aliphatic carbocycles. The molecule has 31 heavy (non-hydrogen) atoms. The van der Waals surface area contributed by atoms with Gasteiger partial charge in [0.15, 0.2) is 5.69 Å². The van der Waals surface area contributed by atoms with Gasteiger partial charge in [-0.1, -0.05) is 29.8 Å². The van der Waals surface area contributed by atoms with Crippen molar-refractivity contribution in [1.82, 2.24) is 4.57 Å². The molecule has 0 unspecified atom stereocenters. The van der Waals surface area contributed by atoms with Gasteiger partial charge in [-0.25, -0.2) is 13.9 Å². The van der Waals surface area contributed by atoms with Crippen molar-refractivity contribution in [2.24, 2.45) is 4.99 Å². The second kappa shape index (κ2) is 9.79. The number of aryl methyl sites for hydroxylation is 1. The van der Waals surface area contributed by atoms with Gasteiger partial charge in [-0.3, -0.25) is 4.99 Å². The predicted molar refractivity (Wildman–Crippen MR) is 120 cm³/mol. The zero-order valence-corrected chi connectivity index (χ0v) is 18.5. The second-order valence-electron chi connectivity index (χ2n) is 7.45. The summed E-state index contributed by atoms with van der Waals surface area (Å²) >= 11 is 0. The van der Waals surface area contributed by atoms with Crippen molar-refractivity contribution in [3.8, 4) is 11.3 Å². The van der Waals surface area contributed by atoms with Crippen molar-refractivity contribution in [2.75, 3.05) is 6.61 Å². The number of carbonyl (C=O) groups excluding carboxylic acids is 1. The maximum atomic E-state index is 12.6. The lowest BCUT2D eigenvalue weighted by Gasteiger charge is -2.09. The van der Waals surface area contributed by atoms with Gasteiger partial charge in [-0.2, -0.15) is 0 Å². The Morgan fingerprint density at radius 2 is 1.87 bits per heavy atom. The molecule has 7 heteroatoms. The third kappa shape index (κ3) is 4.97. The Morgan fingerprint density at radius 3 is 2.55 bits per heavy atom. The number of nitrogens with zero attached hydrogens (tertiary/aromatic N) is 3. The van der Waals surface area contributed by atoms with Gasteiger partial charge in [-0.15, -0.1) is 12.4 Å². The average molecular weight is 440 g/mol. The second-order valence-corrected chi connectivity index (χ2v) is 7.45. The highest BCUT2D eigenvalue weighted by Crippen LogP contribution is 2.25. The van der Waals surface area contributed by atoms with Crippen LogP contribution < -0.4 is 9.67 Å². The molecule has 0 spiro atoms. The number of esters is 1. The number of hydrogen-bond donors (Lipinski definition) is 0. The Morgan fingerprint density at radius 1 is 1.16 bits per heavy atom. The van der Waals surface area contributed by atoms with Crippen LogP contribution in [0.5, 0.6) is 0 Å². The van der Waals surface area contributed by atoms with E-state index in [1.807, 2.05) is 4.57 Å². The molecule has 0 atom stereocenters. The van der Waals surface area contributed by atoms with Crippen molar-refractivity contribution in [2.45, 2.75) is 39.8 Å². The number of carbonyl (C=O) groups is 1. The molecule has 1 aliphatic heterocycles. The molecule has 0 saturated heterocycles. The molecule has 4 rings (SSSR count). The van der Waals surface area contributed by atoms with Crippen LogP contribution in [0.4, 0.5) is 5.69 Å². The minimum atomic E-state index is -0.376. The summed E-state index contributed by atoms with van der Waals surface area (Å²) in [5.74, 6) is 0.561. The summed E-state index contributed by atoms with van der Waals surface area (Å²) in [6, 6.07) is 15.0. The van der Waals surface area contributed by atoms with Gasteiger partial charge in [0.05, 0.1) is 30.8 Å². The van der Waals surface area contributed by atoms with E-state index in [9.17, 15) is 9.90 Å². The first-order valence-corrected chi connectivity index (χ1v) is 10.3. The fraction of sp³-hybridized carbons (Fsp3) is 0.292. The van der Waals surface area contributed by atoms with E-state index in [0.717, 1.165) is 36.5 Å². The molecule has 6 nitrogen and oxygen atoms in total.